The quantitative estimate of drug-likeness (QED) is 0.544. The van der Waals surface area contributed by atoms with Gasteiger partial charge in [-0.2, -0.15) is 0 Å². The smallest absolute Gasteiger partial charge is 0.142 e. The molecule has 0 aliphatic carbocycles. The summed E-state index contributed by atoms with van der Waals surface area (Å²) in [6.45, 7) is 5.70. The third-order valence-electron chi connectivity index (χ3n) is 2.95. The fourth-order valence-corrected chi connectivity index (χ4v) is 1.75. The summed E-state index contributed by atoms with van der Waals surface area (Å²) in [5, 5.41) is 4.29. The van der Waals surface area contributed by atoms with Gasteiger partial charge >= 0.3 is 0 Å². The molecule has 2 N–H and O–H groups in total. The molecule has 0 bridgehead atoms. The molecule has 0 unspecified atom stereocenters. The summed E-state index contributed by atoms with van der Waals surface area (Å²) in [6.07, 6.45) is 4.08. The Morgan fingerprint density at radius 2 is 1.95 bits per heavy atom. The molecule has 0 aromatic heterocycles. The van der Waals surface area contributed by atoms with Crippen molar-refractivity contribution >= 4 is 5.71 Å². The van der Waals surface area contributed by atoms with E-state index in [0.29, 0.717) is 19.1 Å². The van der Waals surface area contributed by atoms with Gasteiger partial charge in [0, 0.05) is 0 Å². The lowest BCUT2D eigenvalue weighted by Gasteiger charge is -2.08. The van der Waals surface area contributed by atoms with Gasteiger partial charge in [0.2, 0.25) is 0 Å². The first kappa shape index (κ1) is 15.7. The average molecular weight is 262 g/mol. The second-order valence-corrected chi connectivity index (χ2v) is 5.24. The molecule has 0 atom stereocenters. The van der Waals surface area contributed by atoms with Crippen LogP contribution in [0.2, 0.25) is 0 Å². The molecule has 1 aromatic carbocycles. The Labute approximate surface area is 116 Å². The molecule has 0 saturated heterocycles. The van der Waals surface area contributed by atoms with Crippen LogP contribution in [0.5, 0.6) is 0 Å². The van der Waals surface area contributed by atoms with Gasteiger partial charge in [0.15, 0.2) is 0 Å². The van der Waals surface area contributed by atoms with Crippen molar-refractivity contribution in [1.29, 1.82) is 0 Å². The maximum atomic E-state index is 5.56. The van der Waals surface area contributed by atoms with Crippen LogP contribution >= 0.6 is 0 Å². The highest BCUT2D eigenvalue weighted by Crippen LogP contribution is 2.09. The normalized spacial score (nSPS) is 11.9. The Balaban J connectivity index is 2.41. The van der Waals surface area contributed by atoms with Crippen LogP contribution in [0.4, 0.5) is 0 Å². The van der Waals surface area contributed by atoms with E-state index in [9.17, 15) is 0 Å². The Bertz CT molecular complexity index is 360. The van der Waals surface area contributed by atoms with Crippen LogP contribution in [-0.2, 0) is 11.4 Å². The van der Waals surface area contributed by atoms with Crippen LogP contribution in [0.1, 0.15) is 45.1 Å². The molecule has 0 aliphatic heterocycles. The van der Waals surface area contributed by atoms with Crippen LogP contribution in [0.25, 0.3) is 0 Å². The van der Waals surface area contributed by atoms with E-state index in [1.165, 1.54) is 0 Å². The molecule has 1 rings (SSSR count). The lowest BCUT2D eigenvalue weighted by molar-refractivity contribution is 0.129. The maximum absolute atomic E-state index is 5.56. The fourth-order valence-electron chi connectivity index (χ4n) is 1.75. The van der Waals surface area contributed by atoms with Crippen molar-refractivity contribution in [3.8, 4) is 0 Å². The molecule has 0 saturated carbocycles. The summed E-state index contributed by atoms with van der Waals surface area (Å²) in [6, 6.07) is 10.1. The van der Waals surface area contributed by atoms with E-state index in [1.807, 2.05) is 30.3 Å². The highest BCUT2D eigenvalue weighted by molar-refractivity contribution is 5.83. The Morgan fingerprint density at radius 1 is 1.21 bits per heavy atom. The lowest BCUT2D eigenvalue weighted by Crippen LogP contribution is -2.07. The number of hydrogen-bond donors (Lipinski definition) is 1. The summed E-state index contributed by atoms with van der Waals surface area (Å²) >= 11 is 0. The molecule has 19 heavy (non-hydrogen) atoms. The lowest BCUT2D eigenvalue weighted by atomic mass is 10.0. The van der Waals surface area contributed by atoms with Crippen LogP contribution in [0, 0.1) is 5.92 Å². The fraction of sp³-hybridized carbons (Fsp3) is 0.562. The number of benzene rings is 1. The zero-order valence-corrected chi connectivity index (χ0v) is 12.1. The van der Waals surface area contributed by atoms with Crippen molar-refractivity contribution in [2.45, 2.75) is 46.1 Å². The Morgan fingerprint density at radius 3 is 2.58 bits per heavy atom. The second-order valence-electron chi connectivity index (χ2n) is 5.24. The van der Waals surface area contributed by atoms with Crippen LogP contribution in [0.3, 0.4) is 0 Å². The van der Waals surface area contributed by atoms with Gasteiger partial charge in [-0.15, -0.1) is 0 Å². The molecule has 0 amide bonds. The van der Waals surface area contributed by atoms with Gasteiger partial charge in [0.25, 0.3) is 0 Å². The van der Waals surface area contributed by atoms with Gasteiger partial charge in [-0.05, 0) is 43.7 Å². The summed E-state index contributed by atoms with van der Waals surface area (Å²) in [4.78, 5) is 5.46. The molecule has 3 heteroatoms. The number of nitrogens with zero attached hydrogens (tertiary/aromatic N) is 1. The van der Waals surface area contributed by atoms with E-state index in [-0.39, 0.29) is 0 Å². The molecule has 3 nitrogen and oxygen atoms in total. The molecule has 0 heterocycles. The second kappa shape index (κ2) is 9.56. The van der Waals surface area contributed by atoms with Crippen molar-refractivity contribution in [3.05, 3.63) is 35.9 Å². The van der Waals surface area contributed by atoms with E-state index >= 15 is 0 Å². The number of rotatable bonds is 9. The first-order valence-corrected chi connectivity index (χ1v) is 7.14. The van der Waals surface area contributed by atoms with Crippen LogP contribution in [-0.4, -0.2) is 12.3 Å². The first-order chi connectivity index (χ1) is 9.22. The van der Waals surface area contributed by atoms with E-state index in [0.717, 1.165) is 37.0 Å². The summed E-state index contributed by atoms with van der Waals surface area (Å²) < 4.78 is 0. The number of oxime groups is 1. The van der Waals surface area contributed by atoms with Crippen molar-refractivity contribution in [3.63, 3.8) is 0 Å². The van der Waals surface area contributed by atoms with Crippen LogP contribution < -0.4 is 5.73 Å². The van der Waals surface area contributed by atoms with E-state index in [1.54, 1.807) is 0 Å². The molecule has 0 radical (unpaired) electrons. The Hall–Kier alpha value is -1.35. The van der Waals surface area contributed by atoms with Gasteiger partial charge < -0.3 is 10.6 Å². The van der Waals surface area contributed by atoms with Crippen molar-refractivity contribution in [1.82, 2.24) is 0 Å². The third-order valence-corrected chi connectivity index (χ3v) is 2.95. The summed E-state index contributed by atoms with van der Waals surface area (Å²) in [5.41, 5.74) is 7.84. The minimum absolute atomic E-state index is 0.536. The van der Waals surface area contributed by atoms with Crippen LogP contribution in [0.15, 0.2) is 35.5 Å². The van der Waals surface area contributed by atoms with Crippen molar-refractivity contribution in [2.75, 3.05) is 6.54 Å². The molecule has 0 aliphatic rings. The predicted octanol–water partition coefficient (Wildman–Crippen LogP) is 3.73. The minimum atomic E-state index is 0.536. The zero-order valence-electron chi connectivity index (χ0n) is 12.1. The van der Waals surface area contributed by atoms with E-state index in [2.05, 4.69) is 19.0 Å². The maximum Gasteiger partial charge on any atom is 0.142 e. The highest BCUT2D eigenvalue weighted by atomic mass is 16.6. The van der Waals surface area contributed by atoms with Gasteiger partial charge in [-0.25, -0.2) is 0 Å². The number of nitrogens with two attached hydrogens (primary N) is 1. The number of hydrogen-bond acceptors (Lipinski definition) is 3. The van der Waals surface area contributed by atoms with E-state index < -0.39 is 0 Å². The van der Waals surface area contributed by atoms with Crippen molar-refractivity contribution in [2.24, 2.45) is 16.8 Å². The van der Waals surface area contributed by atoms with Gasteiger partial charge in [-0.1, -0.05) is 49.3 Å². The standard InChI is InChI=1S/C16H26N2O/c1-14(2)10-11-16(9-6-12-17)18-19-13-15-7-4-3-5-8-15/h3-5,7-8,14H,6,9-13,17H2,1-2H3/b18-16-. The van der Waals surface area contributed by atoms with Gasteiger partial charge in [-0.3, -0.25) is 0 Å². The minimum Gasteiger partial charge on any atom is -0.391 e. The predicted molar refractivity (Wildman–Crippen MR) is 81.0 cm³/mol. The highest BCUT2D eigenvalue weighted by Gasteiger charge is 2.03. The van der Waals surface area contributed by atoms with Crippen molar-refractivity contribution < 1.29 is 4.84 Å². The molecule has 0 spiro atoms. The molecular formula is C16H26N2O. The van der Waals surface area contributed by atoms with Gasteiger partial charge in [0.05, 0.1) is 5.71 Å². The van der Waals surface area contributed by atoms with E-state index in [4.69, 9.17) is 10.6 Å². The molecule has 106 valence electrons. The molecular weight excluding hydrogens is 236 g/mol. The summed E-state index contributed by atoms with van der Waals surface area (Å²) in [7, 11) is 0. The largest absolute Gasteiger partial charge is 0.391 e. The topological polar surface area (TPSA) is 47.6 Å². The summed E-state index contributed by atoms with van der Waals surface area (Å²) in [5.74, 6) is 0.692. The monoisotopic (exact) mass is 262 g/mol. The zero-order chi connectivity index (χ0) is 13.9. The van der Waals surface area contributed by atoms with Gasteiger partial charge in [0.1, 0.15) is 6.61 Å². The first-order valence-electron chi connectivity index (χ1n) is 7.14. The molecule has 0 fully saturated rings. The average Bonchev–Trinajstić information content (AvgIpc) is 2.42. The Kier molecular flexibility index (Phi) is 7.91. The molecule has 1 aromatic rings. The SMILES string of the molecule is CC(C)CC/C(CCCN)=N\OCc1ccccc1. The third kappa shape index (κ3) is 7.62.